The molecule has 1 saturated carbocycles. The fraction of sp³-hybridized carbons (Fsp3) is 1.00. The van der Waals surface area contributed by atoms with Crippen molar-refractivity contribution in [1.82, 2.24) is 0 Å². The van der Waals surface area contributed by atoms with Gasteiger partial charge in [0.1, 0.15) is 12.2 Å². The van der Waals surface area contributed by atoms with Gasteiger partial charge < -0.3 is 28.4 Å². The van der Waals surface area contributed by atoms with E-state index in [1.165, 1.54) is 12.8 Å². The standard InChI is InChI=1S/C16H26O6/c1-11(18-6-5-17-7-12-8-19-12)15-20-9-16(10-21-15)4-2-3-13-14(16)22-13/h11-15H,2-10H2,1H3. The van der Waals surface area contributed by atoms with Gasteiger partial charge in [-0.05, 0) is 26.2 Å². The summed E-state index contributed by atoms with van der Waals surface area (Å²) in [4.78, 5) is 0. The zero-order chi connectivity index (χ0) is 15.0. The first-order valence-corrected chi connectivity index (χ1v) is 8.46. The Morgan fingerprint density at radius 3 is 2.77 bits per heavy atom. The van der Waals surface area contributed by atoms with E-state index in [1.807, 2.05) is 6.92 Å². The van der Waals surface area contributed by atoms with Crippen molar-refractivity contribution in [2.45, 2.75) is 56.9 Å². The number of fused-ring (bicyclic) bond motifs is 2. The van der Waals surface area contributed by atoms with Crippen molar-refractivity contribution in [3.05, 3.63) is 0 Å². The molecule has 126 valence electrons. The lowest BCUT2D eigenvalue weighted by Crippen LogP contribution is -2.50. The molecule has 22 heavy (non-hydrogen) atoms. The van der Waals surface area contributed by atoms with E-state index in [4.69, 9.17) is 28.4 Å². The second-order valence-electron chi connectivity index (χ2n) is 6.95. The fourth-order valence-electron chi connectivity index (χ4n) is 3.61. The van der Waals surface area contributed by atoms with Crippen LogP contribution >= 0.6 is 0 Å². The van der Waals surface area contributed by atoms with Gasteiger partial charge in [-0.25, -0.2) is 0 Å². The van der Waals surface area contributed by atoms with Crippen LogP contribution in [0.2, 0.25) is 0 Å². The van der Waals surface area contributed by atoms with Crippen molar-refractivity contribution in [1.29, 1.82) is 0 Å². The Balaban J connectivity index is 1.15. The maximum Gasteiger partial charge on any atom is 0.183 e. The topological polar surface area (TPSA) is 62.0 Å². The smallest absolute Gasteiger partial charge is 0.183 e. The van der Waals surface area contributed by atoms with Gasteiger partial charge in [-0.15, -0.1) is 0 Å². The maximum absolute atomic E-state index is 5.95. The molecular weight excluding hydrogens is 288 g/mol. The Kier molecular flexibility index (Phi) is 4.41. The lowest BCUT2D eigenvalue weighted by molar-refractivity contribution is -0.272. The van der Waals surface area contributed by atoms with Crippen molar-refractivity contribution >= 4 is 0 Å². The second-order valence-corrected chi connectivity index (χ2v) is 6.95. The van der Waals surface area contributed by atoms with Gasteiger partial charge in [-0.1, -0.05) is 0 Å². The van der Waals surface area contributed by atoms with E-state index in [0.29, 0.717) is 38.1 Å². The fourth-order valence-corrected chi connectivity index (χ4v) is 3.61. The summed E-state index contributed by atoms with van der Waals surface area (Å²) in [6.07, 6.45) is 4.31. The number of hydrogen-bond donors (Lipinski definition) is 0. The molecule has 4 atom stereocenters. The summed E-state index contributed by atoms with van der Waals surface area (Å²) in [7, 11) is 0. The number of hydrogen-bond acceptors (Lipinski definition) is 6. The SMILES string of the molecule is CC(OCCOCC1CO1)C1OCC2(CCCC3OC32)CO1. The Hall–Kier alpha value is -0.240. The predicted octanol–water partition coefficient (Wildman–Crippen LogP) is 1.12. The Morgan fingerprint density at radius 2 is 2.00 bits per heavy atom. The molecule has 1 aliphatic carbocycles. The summed E-state index contributed by atoms with van der Waals surface area (Å²) in [5.41, 5.74) is 0.0898. The molecule has 0 aromatic carbocycles. The van der Waals surface area contributed by atoms with Gasteiger partial charge in [0.2, 0.25) is 0 Å². The van der Waals surface area contributed by atoms with Gasteiger partial charge in [0.15, 0.2) is 6.29 Å². The summed E-state index contributed by atoms with van der Waals surface area (Å²) >= 11 is 0. The van der Waals surface area contributed by atoms with Crippen LogP contribution in [0, 0.1) is 5.41 Å². The van der Waals surface area contributed by atoms with E-state index >= 15 is 0 Å². The van der Waals surface area contributed by atoms with Crippen LogP contribution in [0.4, 0.5) is 0 Å². The molecule has 3 saturated heterocycles. The second kappa shape index (κ2) is 6.34. The van der Waals surface area contributed by atoms with Crippen LogP contribution in [0.25, 0.3) is 0 Å². The molecule has 3 heterocycles. The summed E-state index contributed by atoms with van der Waals surface area (Å²) in [5, 5.41) is 0. The zero-order valence-corrected chi connectivity index (χ0v) is 13.2. The largest absolute Gasteiger partial charge is 0.376 e. The van der Waals surface area contributed by atoms with Crippen LogP contribution in [0.1, 0.15) is 26.2 Å². The first kappa shape index (κ1) is 15.3. The van der Waals surface area contributed by atoms with Gasteiger partial charge in [0.05, 0.1) is 51.8 Å². The van der Waals surface area contributed by atoms with E-state index in [1.54, 1.807) is 0 Å². The third-order valence-electron chi connectivity index (χ3n) is 5.12. The van der Waals surface area contributed by atoms with Crippen molar-refractivity contribution in [3.63, 3.8) is 0 Å². The summed E-state index contributed by atoms with van der Waals surface area (Å²) in [6.45, 7) is 6.07. The Bertz CT molecular complexity index is 377. The normalized spacial score (nSPS) is 44.6. The highest BCUT2D eigenvalue weighted by atomic mass is 16.7. The molecule has 3 aliphatic heterocycles. The molecule has 0 N–H and O–H groups in total. The van der Waals surface area contributed by atoms with Gasteiger partial charge in [0.25, 0.3) is 0 Å². The molecular formula is C16H26O6. The third-order valence-corrected chi connectivity index (χ3v) is 5.12. The van der Waals surface area contributed by atoms with Crippen molar-refractivity contribution in [2.24, 2.45) is 5.41 Å². The van der Waals surface area contributed by atoms with Gasteiger partial charge >= 0.3 is 0 Å². The minimum Gasteiger partial charge on any atom is -0.376 e. The Labute approximate surface area is 131 Å². The molecule has 4 aliphatic rings. The molecule has 1 spiro atoms. The monoisotopic (exact) mass is 314 g/mol. The van der Waals surface area contributed by atoms with Gasteiger partial charge in [0, 0.05) is 5.41 Å². The minimum atomic E-state index is -0.281. The van der Waals surface area contributed by atoms with Crippen LogP contribution in [-0.2, 0) is 28.4 Å². The van der Waals surface area contributed by atoms with E-state index < -0.39 is 0 Å². The zero-order valence-electron chi connectivity index (χ0n) is 13.2. The van der Waals surface area contributed by atoms with E-state index in [0.717, 1.165) is 26.2 Å². The molecule has 0 aromatic heterocycles. The van der Waals surface area contributed by atoms with Crippen LogP contribution in [0.15, 0.2) is 0 Å². The molecule has 0 amide bonds. The molecule has 0 aromatic rings. The van der Waals surface area contributed by atoms with Crippen molar-refractivity contribution in [2.75, 3.05) is 39.6 Å². The van der Waals surface area contributed by atoms with Crippen LogP contribution in [0.3, 0.4) is 0 Å². The summed E-state index contributed by atoms with van der Waals surface area (Å²) in [5.74, 6) is 0. The van der Waals surface area contributed by atoms with E-state index in [2.05, 4.69) is 0 Å². The first-order valence-electron chi connectivity index (χ1n) is 8.46. The number of ether oxygens (including phenoxy) is 6. The van der Waals surface area contributed by atoms with Gasteiger partial charge in [-0.3, -0.25) is 0 Å². The van der Waals surface area contributed by atoms with Crippen molar-refractivity contribution < 1.29 is 28.4 Å². The highest BCUT2D eigenvalue weighted by Gasteiger charge is 2.58. The maximum atomic E-state index is 5.95. The molecule has 4 fully saturated rings. The molecule has 0 radical (unpaired) electrons. The van der Waals surface area contributed by atoms with E-state index in [9.17, 15) is 0 Å². The molecule has 4 rings (SSSR count). The summed E-state index contributed by atoms with van der Waals surface area (Å²) in [6, 6.07) is 0. The van der Waals surface area contributed by atoms with Crippen molar-refractivity contribution in [3.8, 4) is 0 Å². The molecule has 6 nitrogen and oxygen atoms in total. The molecule has 0 bridgehead atoms. The minimum absolute atomic E-state index is 0.0855. The average Bonchev–Trinajstić information content (AvgIpc) is 3.42. The highest BCUT2D eigenvalue weighted by Crippen LogP contribution is 2.50. The lowest BCUT2D eigenvalue weighted by Gasteiger charge is -2.42. The molecule has 4 unspecified atom stereocenters. The lowest BCUT2D eigenvalue weighted by atomic mass is 9.75. The number of rotatable bonds is 7. The average molecular weight is 314 g/mol. The third kappa shape index (κ3) is 3.32. The summed E-state index contributed by atoms with van der Waals surface area (Å²) < 4.78 is 33.9. The van der Waals surface area contributed by atoms with Crippen LogP contribution in [-0.4, -0.2) is 70.3 Å². The van der Waals surface area contributed by atoms with E-state index in [-0.39, 0.29) is 17.8 Å². The quantitative estimate of drug-likeness (QED) is 0.518. The van der Waals surface area contributed by atoms with Crippen LogP contribution < -0.4 is 0 Å². The molecule has 6 heteroatoms. The predicted molar refractivity (Wildman–Crippen MR) is 76.6 cm³/mol. The van der Waals surface area contributed by atoms with Crippen LogP contribution in [0.5, 0.6) is 0 Å². The highest BCUT2D eigenvalue weighted by molar-refractivity contribution is 5.05. The van der Waals surface area contributed by atoms with Gasteiger partial charge in [-0.2, -0.15) is 0 Å². The number of epoxide rings is 2. The first-order chi connectivity index (χ1) is 10.8. The Morgan fingerprint density at radius 1 is 1.18 bits per heavy atom.